The van der Waals surface area contributed by atoms with Crippen LogP contribution in [0.5, 0.6) is 0 Å². The summed E-state index contributed by atoms with van der Waals surface area (Å²) in [5, 5.41) is 2.98. The van der Waals surface area contributed by atoms with Gasteiger partial charge in [0.15, 0.2) is 0 Å². The van der Waals surface area contributed by atoms with Crippen LogP contribution in [0.15, 0.2) is 67.0 Å². The lowest BCUT2D eigenvalue weighted by molar-refractivity contribution is -0.136. The Bertz CT molecular complexity index is 858. The van der Waals surface area contributed by atoms with Gasteiger partial charge in [0.05, 0.1) is 5.54 Å². The molecule has 5 nitrogen and oxygen atoms in total. The van der Waals surface area contributed by atoms with E-state index in [2.05, 4.69) is 22.5 Å². The number of rotatable bonds is 5. The third-order valence-electron chi connectivity index (χ3n) is 5.79. The molecule has 1 spiro atoms. The van der Waals surface area contributed by atoms with Crippen LogP contribution in [0.3, 0.4) is 0 Å². The van der Waals surface area contributed by atoms with Gasteiger partial charge in [0, 0.05) is 30.9 Å². The normalized spacial score (nSPS) is 18.4. The van der Waals surface area contributed by atoms with Crippen molar-refractivity contribution in [3.05, 3.63) is 78.1 Å². The lowest BCUT2D eigenvalue weighted by Crippen LogP contribution is -2.55. The van der Waals surface area contributed by atoms with Crippen LogP contribution in [0.25, 0.3) is 0 Å². The highest BCUT2D eigenvalue weighted by Crippen LogP contribution is 2.39. The van der Waals surface area contributed by atoms with Crippen LogP contribution in [0.4, 0.5) is 0 Å². The first kappa shape index (κ1) is 18.4. The number of carbonyl (C=O) groups excluding carboxylic acids is 2. The molecule has 1 unspecified atom stereocenters. The average molecular weight is 375 g/mol. The summed E-state index contributed by atoms with van der Waals surface area (Å²) in [7, 11) is 0. The Morgan fingerprint density at radius 1 is 1.11 bits per heavy atom. The monoisotopic (exact) mass is 375 g/mol. The fourth-order valence-electron chi connectivity index (χ4n) is 4.36. The topological polar surface area (TPSA) is 62.3 Å². The standard InChI is InChI=1S/C23H25N3O2/c27-21(19-9-2-1-3-10-19)25-20(16-18-8-6-14-24-17-18)22(28)26-15-7-13-23(26)11-4-5-12-23/h1-3,6-10,13-14,17,20H,4-5,11-12,15-16H2,(H,25,27). The second-order valence-electron chi connectivity index (χ2n) is 7.62. The summed E-state index contributed by atoms with van der Waals surface area (Å²) in [6, 6.07) is 12.2. The minimum atomic E-state index is -0.616. The van der Waals surface area contributed by atoms with Crippen molar-refractivity contribution in [1.82, 2.24) is 15.2 Å². The molecule has 28 heavy (non-hydrogen) atoms. The first-order valence-corrected chi connectivity index (χ1v) is 9.92. The number of hydrogen-bond donors (Lipinski definition) is 1. The third-order valence-corrected chi connectivity index (χ3v) is 5.79. The highest BCUT2D eigenvalue weighted by Gasteiger charge is 2.44. The number of nitrogens with one attached hydrogen (secondary N) is 1. The Kier molecular flexibility index (Phi) is 5.24. The lowest BCUT2D eigenvalue weighted by atomic mass is 9.95. The molecule has 1 aliphatic carbocycles. The highest BCUT2D eigenvalue weighted by atomic mass is 16.2. The van der Waals surface area contributed by atoms with E-state index >= 15 is 0 Å². The molecule has 1 aromatic carbocycles. The van der Waals surface area contributed by atoms with Crippen molar-refractivity contribution in [2.24, 2.45) is 0 Å². The van der Waals surface area contributed by atoms with Crippen molar-refractivity contribution < 1.29 is 9.59 Å². The van der Waals surface area contributed by atoms with Crippen LogP contribution >= 0.6 is 0 Å². The SMILES string of the molecule is O=C(NC(Cc1cccnc1)C(=O)N1CC=CC12CCCC2)c1ccccc1. The summed E-state index contributed by atoms with van der Waals surface area (Å²) in [4.78, 5) is 32.4. The van der Waals surface area contributed by atoms with Gasteiger partial charge in [-0.2, -0.15) is 0 Å². The molecular weight excluding hydrogens is 350 g/mol. The van der Waals surface area contributed by atoms with Gasteiger partial charge < -0.3 is 10.2 Å². The molecule has 5 heteroatoms. The van der Waals surface area contributed by atoms with Crippen molar-refractivity contribution in [2.75, 3.05) is 6.54 Å². The molecule has 0 bridgehead atoms. The molecule has 2 heterocycles. The Balaban J connectivity index is 1.57. The molecule has 1 fully saturated rings. The predicted octanol–water partition coefficient (Wildman–Crippen LogP) is 3.13. The second kappa shape index (κ2) is 7.97. The minimum Gasteiger partial charge on any atom is -0.340 e. The number of aromatic nitrogens is 1. The average Bonchev–Trinajstić information content (AvgIpc) is 3.38. The molecule has 1 N–H and O–H groups in total. The van der Waals surface area contributed by atoms with Gasteiger partial charge in [-0.1, -0.05) is 49.3 Å². The zero-order valence-corrected chi connectivity index (χ0v) is 15.9. The smallest absolute Gasteiger partial charge is 0.251 e. The van der Waals surface area contributed by atoms with E-state index in [-0.39, 0.29) is 17.4 Å². The van der Waals surface area contributed by atoms with Gasteiger partial charge in [0.1, 0.15) is 6.04 Å². The predicted molar refractivity (Wildman–Crippen MR) is 108 cm³/mol. The zero-order valence-electron chi connectivity index (χ0n) is 15.9. The molecule has 2 aromatic rings. The maximum absolute atomic E-state index is 13.5. The maximum Gasteiger partial charge on any atom is 0.251 e. The molecular formula is C23H25N3O2. The van der Waals surface area contributed by atoms with Gasteiger partial charge in [-0.15, -0.1) is 0 Å². The zero-order chi connectivity index (χ0) is 19.4. The molecule has 2 aliphatic rings. The van der Waals surface area contributed by atoms with Crippen LogP contribution in [0, 0.1) is 0 Å². The molecule has 4 rings (SSSR count). The number of hydrogen-bond acceptors (Lipinski definition) is 3. The van der Waals surface area contributed by atoms with Gasteiger partial charge in [-0.3, -0.25) is 14.6 Å². The molecule has 1 aromatic heterocycles. The summed E-state index contributed by atoms with van der Waals surface area (Å²) in [5.41, 5.74) is 1.32. The summed E-state index contributed by atoms with van der Waals surface area (Å²) in [6.45, 7) is 0.615. The summed E-state index contributed by atoms with van der Waals surface area (Å²) in [5.74, 6) is -0.240. The lowest BCUT2D eigenvalue weighted by Gasteiger charge is -2.37. The Hall–Kier alpha value is -2.95. The maximum atomic E-state index is 13.5. The van der Waals surface area contributed by atoms with Crippen molar-refractivity contribution in [3.8, 4) is 0 Å². The molecule has 0 saturated heterocycles. The first-order valence-electron chi connectivity index (χ1n) is 9.92. The first-order chi connectivity index (χ1) is 13.7. The van der Waals surface area contributed by atoms with E-state index in [4.69, 9.17) is 0 Å². The van der Waals surface area contributed by atoms with E-state index in [1.165, 1.54) is 0 Å². The molecule has 2 amide bonds. The Morgan fingerprint density at radius 3 is 2.61 bits per heavy atom. The number of carbonyl (C=O) groups is 2. The van der Waals surface area contributed by atoms with E-state index in [0.717, 1.165) is 31.2 Å². The van der Waals surface area contributed by atoms with Gasteiger partial charge in [-0.25, -0.2) is 0 Å². The molecule has 1 saturated carbocycles. The number of pyridine rings is 1. The largest absolute Gasteiger partial charge is 0.340 e. The van der Waals surface area contributed by atoms with Crippen LogP contribution in [0.1, 0.15) is 41.6 Å². The Morgan fingerprint density at radius 2 is 1.89 bits per heavy atom. The van der Waals surface area contributed by atoms with E-state index in [9.17, 15) is 9.59 Å². The quantitative estimate of drug-likeness (QED) is 0.817. The van der Waals surface area contributed by atoms with Crippen molar-refractivity contribution >= 4 is 11.8 Å². The minimum absolute atomic E-state index is 0.0139. The summed E-state index contributed by atoms with van der Waals surface area (Å²) in [6.07, 6.45) is 12.4. The van der Waals surface area contributed by atoms with Crippen LogP contribution < -0.4 is 5.32 Å². The van der Waals surface area contributed by atoms with Crippen molar-refractivity contribution in [3.63, 3.8) is 0 Å². The van der Waals surface area contributed by atoms with Crippen LogP contribution in [0.2, 0.25) is 0 Å². The summed E-state index contributed by atoms with van der Waals surface area (Å²) < 4.78 is 0. The van der Waals surface area contributed by atoms with Gasteiger partial charge in [0.2, 0.25) is 5.91 Å². The fourth-order valence-corrected chi connectivity index (χ4v) is 4.36. The van der Waals surface area contributed by atoms with Gasteiger partial charge >= 0.3 is 0 Å². The third kappa shape index (κ3) is 3.70. The fraction of sp³-hybridized carbons (Fsp3) is 0.348. The molecule has 0 radical (unpaired) electrons. The van der Waals surface area contributed by atoms with Crippen LogP contribution in [-0.2, 0) is 11.2 Å². The van der Waals surface area contributed by atoms with E-state index in [1.807, 2.05) is 35.2 Å². The van der Waals surface area contributed by atoms with Gasteiger partial charge in [-0.05, 0) is 36.6 Å². The Labute approximate surface area is 165 Å². The highest BCUT2D eigenvalue weighted by molar-refractivity contribution is 5.97. The molecule has 1 atom stereocenters. The van der Waals surface area contributed by atoms with E-state index < -0.39 is 6.04 Å². The summed E-state index contributed by atoms with van der Waals surface area (Å²) >= 11 is 0. The van der Waals surface area contributed by atoms with Gasteiger partial charge in [0.25, 0.3) is 5.91 Å². The number of amides is 2. The van der Waals surface area contributed by atoms with Crippen LogP contribution in [-0.4, -0.2) is 39.8 Å². The van der Waals surface area contributed by atoms with Crippen molar-refractivity contribution in [1.29, 1.82) is 0 Å². The molecule has 1 aliphatic heterocycles. The van der Waals surface area contributed by atoms with E-state index in [0.29, 0.717) is 18.5 Å². The van der Waals surface area contributed by atoms with Crippen molar-refractivity contribution in [2.45, 2.75) is 43.7 Å². The molecule has 144 valence electrons. The number of benzene rings is 1. The number of nitrogens with zero attached hydrogens (tertiary/aromatic N) is 2. The second-order valence-corrected chi connectivity index (χ2v) is 7.62. The van der Waals surface area contributed by atoms with E-state index in [1.54, 1.807) is 24.5 Å².